The molecular formula is C25H40O7. The SMILES string of the molecule is COCC(O)C1OC(=O)CCC2C=C[C@@H]3C(C(O)[C@@H](COC)C[C@@H]3O)C2(C)/C(C)=C/[C@H]1C. The summed E-state index contributed by atoms with van der Waals surface area (Å²) in [5.74, 6) is -1.09. The fourth-order valence-corrected chi connectivity index (χ4v) is 6.37. The number of hydrogen-bond donors (Lipinski definition) is 3. The number of fused-ring (bicyclic) bond motifs is 3. The first-order valence-electron chi connectivity index (χ1n) is 11.7. The van der Waals surface area contributed by atoms with Crippen LogP contribution in [0.25, 0.3) is 0 Å². The number of aliphatic hydroxyl groups excluding tert-OH is 3. The molecule has 0 aromatic heterocycles. The molecule has 182 valence electrons. The van der Waals surface area contributed by atoms with E-state index in [0.29, 0.717) is 19.4 Å². The van der Waals surface area contributed by atoms with Gasteiger partial charge in [0.25, 0.3) is 0 Å². The Bertz CT molecular complexity index is 719. The number of carbonyl (C=O) groups is 1. The smallest absolute Gasteiger partial charge is 0.306 e. The van der Waals surface area contributed by atoms with Crippen LogP contribution in [0.2, 0.25) is 0 Å². The van der Waals surface area contributed by atoms with Crippen molar-refractivity contribution in [3.05, 3.63) is 23.8 Å². The van der Waals surface area contributed by atoms with Crippen molar-refractivity contribution < 1.29 is 34.3 Å². The minimum Gasteiger partial charge on any atom is -0.459 e. The largest absolute Gasteiger partial charge is 0.459 e. The summed E-state index contributed by atoms with van der Waals surface area (Å²) in [5.41, 5.74) is 0.612. The average Bonchev–Trinajstić information content (AvgIpc) is 2.74. The second-order valence-electron chi connectivity index (χ2n) is 10.1. The van der Waals surface area contributed by atoms with E-state index in [0.717, 1.165) is 5.57 Å². The van der Waals surface area contributed by atoms with E-state index >= 15 is 0 Å². The normalized spacial score (nSPS) is 45.1. The highest BCUT2D eigenvalue weighted by Crippen LogP contribution is 2.57. The average molecular weight is 453 g/mol. The molecule has 7 heteroatoms. The van der Waals surface area contributed by atoms with Crippen LogP contribution in [0, 0.1) is 35.0 Å². The summed E-state index contributed by atoms with van der Waals surface area (Å²) < 4.78 is 16.1. The molecule has 3 aliphatic rings. The van der Waals surface area contributed by atoms with Crippen molar-refractivity contribution in [2.45, 2.75) is 64.4 Å². The molecule has 32 heavy (non-hydrogen) atoms. The summed E-state index contributed by atoms with van der Waals surface area (Å²) in [6.45, 7) is 6.60. The monoisotopic (exact) mass is 452 g/mol. The second kappa shape index (κ2) is 10.3. The van der Waals surface area contributed by atoms with Crippen LogP contribution in [0.4, 0.5) is 0 Å². The molecule has 0 saturated heterocycles. The maximum atomic E-state index is 12.6. The lowest BCUT2D eigenvalue weighted by molar-refractivity contribution is -0.161. The lowest BCUT2D eigenvalue weighted by Gasteiger charge is -2.56. The number of carbonyl (C=O) groups excluding carboxylic acids is 1. The van der Waals surface area contributed by atoms with Crippen LogP contribution in [0.1, 0.15) is 40.0 Å². The molecule has 0 aromatic rings. The van der Waals surface area contributed by atoms with Crippen molar-refractivity contribution in [2.75, 3.05) is 27.4 Å². The van der Waals surface area contributed by atoms with Gasteiger partial charge in [-0.25, -0.2) is 0 Å². The molecule has 0 amide bonds. The van der Waals surface area contributed by atoms with Crippen molar-refractivity contribution in [1.82, 2.24) is 0 Å². The Morgan fingerprint density at radius 3 is 2.62 bits per heavy atom. The summed E-state index contributed by atoms with van der Waals surface area (Å²) in [6, 6.07) is 0. The van der Waals surface area contributed by atoms with Gasteiger partial charge in [-0.1, -0.05) is 37.6 Å². The fraction of sp³-hybridized carbons (Fsp3) is 0.800. The van der Waals surface area contributed by atoms with Gasteiger partial charge in [0.15, 0.2) is 0 Å². The number of allylic oxidation sites excluding steroid dienone is 2. The van der Waals surface area contributed by atoms with Crippen LogP contribution in [-0.2, 0) is 19.0 Å². The van der Waals surface area contributed by atoms with E-state index in [9.17, 15) is 20.1 Å². The third-order valence-electron chi connectivity index (χ3n) is 8.19. The highest BCUT2D eigenvalue weighted by molar-refractivity contribution is 5.69. The first kappa shape index (κ1) is 25.4. The summed E-state index contributed by atoms with van der Waals surface area (Å²) in [5, 5.41) is 32.9. The van der Waals surface area contributed by atoms with E-state index in [-0.39, 0.29) is 48.6 Å². The fourth-order valence-electron chi connectivity index (χ4n) is 6.37. The lowest BCUT2D eigenvalue weighted by atomic mass is 9.50. The van der Waals surface area contributed by atoms with E-state index in [1.807, 2.05) is 13.0 Å². The van der Waals surface area contributed by atoms with Crippen LogP contribution in [-0.4, -0.2) is 73.1 Å². The van der Waals surface area contributed by atoms with Crippen molar-refractivity contribution in [1.29, 1.82) is 0 Å². The molecule has 6 unspecified atom stereocenters. The Hall–Kier alpha value is -1.25. The molecular weight excluding hydrogens is 412 g/mol. The Morgan fingerprint density at radius 2 is 1.97 bits per heavy atom. The van der Waals surface area contributed by atoms with E-state index < -0.39 is 29.8 Å². The lowest BCUT2D eigenvalue weighted by Crippen LogP contribution is -2.57. The zero-order valence-electron chi connectivity index (χ0n) is 19.9. The Labute approximate surface area is 191 Å². The quantitative estimate of drug-likeness (QED) is 0.433. The van der Waals surface area contributed by atoms with E-state index in [2.05, 4.69) is 26.0 Å². The number of ether oxygens (including phenoxy) is 3. The van der Waals surface area contributed by atoms with Gasteiger partial charge in [0, 0.05) is 49.7 Å². The third kappa shape index (κ3) is 4.68. The molecule has 3 rings (SSSR count). The van der Waals surface area contributed by atoms with E-state index in [1.54, 1.807) is 7.11 Å². The Morgan fingerprint density at radius 1 is 1.25 bits per heavy atom. The van der Waals surface area contributed by atoms with Gasteiger partial charge in [-0.15, -0.1) is 0 Å². The van der Waals surface area contributed by atoms with Crippen LogP contribution in [0.3, 0.4) is 0 Å². The standard InChI is InChI=1S/C25H40O7/c1-14-10-15(2)25(3)17(7-9-21(28)32-24(14)20(27)13-31-5)6-8-18-19(26)11-16(12-30-4)23(29)22(18)25/h6,8,10,14,16-20,22-24,26-27,29H,7,9,11-13H2,1-5H3/b15-10+/t14-,16-,17?,18+,19+,20?,22?,23?,24?,25?/m1/s1. The third-order valence-corrected chi connectivity index (χ3v) is 8.19. The summed E-state index contributed by atoms with van der Waals surface area (Å²) >= 11 is 0. The number of hydrogen-bond acceptors (Lipinski definition) is 7. The predicted molar refractivity (Wildman–Crippen MR) is 120 cm³/mol. The first-order chi connectivity index (χ1) is 15.1. The molecule has 0 bridgehead atoms. The molecule has 1 saturated carbocycles. The van der Waals surface area contributed by atoms with Gasteiger partial charge in [-0.05, 0) is 25.7 Å². The molecule has 1 fully saturated rings. The van der Waals surface area contributed by atoms with Gasteiger partial charge in [-0.2, -0.15) is 0 Å². The van der Waals surface area contributed by atoms with Gasteiger partial charge in [-0.3, -0.25) is 4.79 Å². The maximum Gasteiger partial charge on any atom is 0.306 e. The van der Waals surface area contributed by atoms with Gasteiger partial charge >= 0.3 is 5.97 Å². The minimum atomic E-state index is -0.932. The van der Waals surface area contributed by atoms with Gasteiger partial charge in [0.1, 0.15) is 12.2 Å². The summed E-state index contributed by atoms with van der Waals surface area (Å²) in [6.07, 6.45) is 4.66. The number of aliphatic hydroxyl groups is 3. The highest BCUT2D eigenvalue weighted by atomic mass is 16.6. The minimum absolute atomic E-state index is 0.0170. The molecule has 0 aromatic carbocycles. The zero-order valence-corrected chi connectivity index (χ0v) is 19.9. The zero-order chi connectivity index (χ0) is 23.6. The van der Waals surface area contributed by atoms with Crippen molar-refractivity contribution in [3.63, 3.8) is 0 Å². The van der Waals surface area contributed by atoms with Crippen molar-refractivity contribution in [3.8, 4) is 0 Å². The number of methoxy groups -OCH3 is 2. The first-order valence-corrected chi connectivity index (χ1v) is 11.7. The van der Waals surface area contributed by atoms with Gasteiger partial charge in [0.2, 0.25) is 0 Å². The molecule has 1 aliphatic heterocycles. The molecule has 0 radical (unpaired) electrons. The topological polar surface area (TPSA) is 105 Å². The van der Waals surface area contributed by atoms with Crippen molar-refractivity contribution in [2.24, 2.45) is 35.0 Å². The van der Waals surface area contributed by atoms with Gasteiger partial charge < -0.3 is 29.5 Å². The maximum absolute atomic E-state index is 12.6. The molecule has 3 N–H and O–H groups in total. The Balaban J connectivity index is 2.05. The molecule has 7 nitrogen and oxygen atoms in total. The van der Waals surface area contributed by atoms with E-state index in [4.69, 9.17) is 14.2 Å². The van der Waals surface area contributed by atoms with Crippen LogP contribution >= 0.6 is 0 Å². The van der Waals surface area contributed by atoms with Crippen LogP contribution in [0.15, 0.2) is 23.8 Å². The van der Waals surface area contributed by atoms with Crippen molar-refractivity contribution >= 4 is 5.97 Å². The Kier molecular flexibility index (Phi) is 8.20. The summed E-state index contributed by atoms with van der Waals surface area (Å²) in [7, 11) is 3.12. The van der Waals surface area contributed by atoms with Crippen LogP contribution in [0.5, 0.6) is 0 Å². The van der Waals surface area contributed by atoms with Crippen LogP contribution < -0.4 is 0 Å². The molecule has 1 heterocycles. The molecule has 0 spiro atoms. The van der Waals surface area contributed by atoms with Gasteiger partial charge in [0.05, 0.1) is 25.4 Å². The second-order valence-corrected chi connectivity index (χ2v) is 10.1. The molecule has 10 atom stereocenters. The number of cyclic esters (lactones) is 1. The molecule has 2 aliphatic carbocycles. The number of esters is 1. The number of rotatable bonds is 5. The highest BCUT2D eigenvalue weighted by Gasteiger charge is 2.55. The predicted octanol–water partition coefficient (Wildman–Crippen LogP) is 2.09. The summed E-state index contributed by atoms with van der Waals surface area (Å²) in [4.78, 5) is 12.6. The van der Waals surface area contributed by atoms with E-state index in [1.165, 1.54) is 7.11 Å².